The number of fused-ring (bicyclic) bond motifs is 2. The minimum atomic E-state index is -1.02. The Bertz CT molecular complexity index is 1600. The van der Waals surface area contributed by atoms with Gasteiger partial charge in [-0.3, -0.25) is 0 Å². The summed E-state index contributed by atoms with van der Waals surface area (Å²) in [5, 5.41) is 1.11. The van der Waals surface area contributed by atoms with Crippen molar-refractivity contribution in [3.63, 3.8) is 0 Å². The van der Waals surface area contributed by atoms with Crippen LogP contribution in [0.25, 0.3) is 17.0 Å². The number of aryl methyl sites for hydroxylation is 2. The summed E-state index contributed by atoms with van der Waals surface area (Å²) < 4.78 is 17.1. The Morgan fingerprint density at radius 1 is 1.05 bits per heavy atom. The number of rotatable bonds is 7. The predicted molar refractivity (Wildman–Crippen MR) is 162 cm³/mol. The molecule has 3 nitrogen and oxygen atoms in total. The standard InChI is InChI=1S/C33H33N2OSSe/c1-5-35-31-21-24(2)11-17-32(31)38-33(35)18-13-26(22-25-9-7-6-8-10-25)12-14-27-19-20-34(3)30-16-15-28(37(4)36)23-29(27)30/h6-21,23H,5,22H2,1-4H3/q+1. The fourth-order valence-electron chi connectivity index (χ4n) is 4.78. The number of hydrogen-bond acceptors (Lipinski definition) is 2. The van der Waals surface area contributed by atoms with E-state index in [0.29, 0.717) is 15.0 Å². The molecule has 0 N–H and O–H groups in total. The Kier molecular flexibility index (Phi) is 8.09. The molecule has 0 saturated heterocycles. The number of anilines is 1. The quantitative estimate of drug-likeness (QED) is 0.160. The molecule has 38 heavy (non-hydrogen) atoms. The van der Waals surface area contributed by atoms with Crippen molar-refractivity contribution in [2.24, 2.45) is 7.05 Å². The topological polar surface area (TPSA) is 24.2 Å². The van der Waals surface area contributed by atoms with Gasteiger partial charge in [0.15, 0.2) is 0 Å². The molecule has 5 heteroatoms. The maximum atomic E-state index is 12.2. The summed E-state index contributed by atoms with van der Waals surface area (Å²) >= 11 is 0.299. The van der Waals surface area contributed by atoms with Gasteiger partial charge in [0, 0.05) is 0 Å². The van der Waals surface area contributed by atoms with Crippen LogP contribution in [0.15, 0.2) is 112 Å². The van der Waals surface area contributed by atoms with Gasteiger partial charge in [-0.1, -0.05) is 0 Å². The van der Waals surface area contributed by atoms with Crippen molar-refractivity contribution < 1.29 is 8.78 Å². The number of nitrogens with zero attached hydrogens (tertiary/aromatic N) is 2. The number of aromatic nitrogens is 1. The average molecular weight is 585 g/mol. The number of allylic oxidation sites excluding steroid dienone is 4. The van der Waals surface area contributed by atoms with Crippen molar-refractivity contribution >= 4 is 52.9 Å². The van der Waals surface area contributed by atoms with Gasteiger partial charge in [0.25, 0.3) is 0 Å². The molecule has 0 fully saturated rings. The van der Waals surface area contributed by atoms with Crippen LogP contribution < -0.4 is 13.9 Å². The summed E-state index contributed by atoms with van der Waals surface area (Å²) in [7, 11) is 1.03. The summed E-state index contributed by atoms with van der Waals surface area (Å²) in [5.74, 6) is 0. The van der Waals surface area contributed by atoms with E-state index in [-0.39, 0.29) is 0 Å². The van der Waals surface area contributed by atoms with E-state index >= 15 is 0 Å². The monoisotopic (exact) mass is 585 g/mol. The van der Waals surface area contributed by atoms with Crippen molar-refractivity contribution in [2.45, 2.75) is 25.2 Å². The summed E-state index contributed by atoms with van der Waals surface area (Å²) in [6.45, 7) is 5.36. The molecular formula is C33H33N2OSSe+. The van der Waals surface area contributed by atoms with Crippen LogP contribution in [0.3, 0.4) is 0 Å². The zero-order valence-electron chi connectivity index (χ0n) is 22.3. The van der Waals surface area contributed by atoms with Gasteiger partial charge in [0.1, 0.15) is 0 Å². The summed E-state index contributed by atoms with van der Waals surface area (Å²) in [6.07, 6.45) is 13.7. The number of pyridine rings is 1. The molecular weight excluding hydrogens is 551 g/mol. The molecule has 3 aromatic carbocycles. The van der Waals surface area contributed by atoms with Gasteiger partial charge < -0.3 is 0 Å². The third kappa shape index (κ3) is 5.76. The summed E-state index contributed by atoms with van der Waals surface area (Å²) in [4.78, 5) is 3.31. The minimum absolute atomic E-state index is 0.299. The summed E-state index contributed by atoms with van der Waals surface area (Å²) in [6, 6.07) is 25.7. The molecule has 2 heterocycles. The van der Waals surface area contributed by atoms with Crippen LogP contribution in [0.1, 0.15) is 23.6 Å². The first-order chi connectivity index (χ1) is 18.4. The Balaban J connectivity index is 1.53. The van der Waals surface area contributed by atoms with E-state index in [1.165, 1.54) is 31.4 Å². The molecule has 192 valence electrons. The van der Waals surface area contributed by atoms with Crippen LogP contribution in [0.5, 0.6) is 0 Å². The molecule has 0 saturated carbocycles. The Labute approximate surface area is 234 Å². The van der Waals surface area contributed by atoms with Crippen molar-refractivity contribution in [2.75, 3.05) is 17.7 Å². The maximum absolute atomic E-state index is 12.2. The first-order valence-electron chi connectivity index (χ1n) is 12.9. The van der Waals surface area contributed by atoms with Gasteiger partial charge in [0.05, 0.1) is 0 Å². The van der Waals surface area contributed by atoms with Crippen LogP contribution in [-0.4, -0.2) is 32.0 Å². The third-order valence-corrected chi connectivity index (χ3v) is 10.1. The van der Waals surface area contributed by atoms with Crippen LogP contribution >= 0.6 is 0 Å². The molecule has 1 aromatic heterocycles. The molecule has 5 rings (SSSR count). The second-order valence-corrected chi connectivity index (χ2v) is 13.2. The van der Waals surface area contributed by atoms with Crippen molar-refractivity contribution in [3.05, 3.63) is 124 Å². The van der Waals surface area contributed by atoms with E-state index < -0.39 is 10.8 Å². The third-order valence-electron chi connectivity index (χ3n) is 6.84. The molecule has 4 aromatic rings. The molecule has 1 aliphatic heterocycles. The molecule has 0 spiro atoms. The predicted octanol–water partition coefficient (Wildman–Crippen LogP) is 5.60. The fraction of sp³-hybridized carbons (Fsp3) is 0.182. The first-order valence-corrected chi connectivity index (χ1v) is 16.1. The molecule has 1 unspecified atom stereocenters. The Hall–Kier alpha value is -3.24. The van der Waals surface area contributed by atoms with E-state index in [9.17, 15) is 4.21 Å². The van der Waals surface area contributed by atoms with Gasteiger partial charge in [-0.15, -0.1) is 0 Å². The van der Waals surface area contributed by atoms with Gasteiger partial charge >= 0.3 is 236 Å². The van der Waals surface area contributed by atoms with E-state index in [1.54, 1.807) is 6.26 Å². The van der Waals surface area contributed by atoms with Gasteiger partial charge in [-0.2, -0.15) is 0 Å². The van der Waals surface area contributed by atoms with Crippen LogP contribution in [-0.2, 0) is 24.3 Å². The van der Waals surface area contributed by atoms with E-state index in [1.807, 2.05) is 13.1 Å². The zero-order valence-corrected chi connectivity index (χ0v) is 24.9. The second-order valence-electron chi connectivity index (χ2n) is 9.57. The first kappa shape index (κ1) is 26.4. The van der Waals surface area contributed by atoms with Crippen molar-refractivity contribution in [1.82, 2.24) is 0 Å². The Morgan fingerprint density at radius 3 is 2.63 bits per heavy atom. The van der Waals surface area contributed by atoms with Crippen LogP contribution in [0.4, 0.5) is 5.69 Å². The SMILES string of the molecule is CCN1/C(=C/C=C(/C=C/c2cc[n+](C)c3ccc(S(C)=O)cc23)Cc2ccccc2)[Se]c2ccc(C)cc21. The van der Waals surface area contributed by atoms with E-state index in [2.05, 4.69) is 121 Å². The molecule has 1 aliphatic rings. The van der Waals surface area contributed by atoms with Crippen LogP contribution in [0, 0.1) is 6.92 Å². The van der Waals surface area contributed by atoms with Gasteiger partial charge in [0.2, 0.25) is 0 Å². The normalized spacial score (nSPS) is 15.5. The fourth-order valence-corrected chi connectivity index (χ4v) is 7.65. The van der Waals surface area contributed by atoms with Crippen molar-refractivity contribution in [3.8, 4) is 0 Å². The van der Waals surface area contributed by atoms with Gasteiger partial charge in [-0.25, -0.2) is 0 Å². The molecule has 0 bridgehead atoms. The number of hydrogen-bond donors (Lipinski definition) is 0. The van der Waals surface area contributed by atoms with Crippen LogP contribution in [0.2, 0.25) is 0 Å². The number of benzene rings is 3. The van der Waals surface area contributed by atoms with Gasteiger partial charge in [-0.05, 0) is 0 Å². The van der Waals surface area contributed by atoms with E-state index in [4.69, 9.17) is 0 Å². The second kappa shape index (κ2) is 11.7. The molecule has 0 aliphatic carbocycles. The Morgan fingerprint density at radius 2 is 1.87 bits per heavy atom. The molecule has 1 atom stereocenters. The zero-order chi connectivity index (χ0) is 26.6. The summed E-state index contributed by atoms with van der Waals surface area (Å²) in [5.41, 5.74) is 7.45. The molecule has 0 radical (unpaired) electrons. The average Bonchev–Trinajstić information content (AvgIpc) is 3.27. The molecule has 0 amide bonds. The van der Waals surface area contributed by atoms with Crippen molar-refractivity contribution in [1.29, 1.82) is 0 Å². The van der Waals surface area contributed by atoms with E-state index in [0.717, 1.165) is 34.3 Å².